The molecule has 2 aliphatic rings. The Morgan fingerprint density at radius 1 is 1.50 bits per heavy atom. The highest BCUT2D eigenvalue weighted by Crippen LogP contribution is 2.40. The quantitative estimate of drug-likeness (QED) is 0.523. The minimum absolute atomic E-state index is 0.831. The van der Waals surface area contributed by atoms with Crippen molar-refractivity contribution in [1.29, 1.82) is 0 Å². The van der Waals surface area contributed by atoms with Gasteiger partial charge in [-0.15, -0.1) is 0 Å². The van der Waals surface area contributed by atoms with E-state index in [-0.39, 0.29) is 0 Å². The Bertz CT molecular complexity index is 135. The van der Waals surface area contributed by atoms with Crippen molar-refractivity contribution in [3.63, 3.8) is 0 Å². The van der Waals surface area contributed by atoms with Crippen LogP contribution in [0.1, 0.15) is 13.3 Å². The molecule has 0 aromatic heterocycles. The number of thioether (sulfide) groups is 1. The van der Waals surface area contributed by atoms with Crippen molar-refractivity contribution < 1.29 is 0 Å². The molecule has 58 valence electrons. The Labute approximate surface area is 67.2 Å². The van der Waals surface area contributed by atoms with Crippen molar-refractivity contribution in [3.05, 3.63) is 0 Å². The van der Waals surface area contributed by atoms with Crippen LogP contribution in [0.5, 0.6) is 0 Å². The molecule has 0 spiro atoms. The van der Waals surface area contributed by atoms with Gasteiger partial charge >= 0.3 is 0 Å². The van der Waals surface area contributed by atoms with Gasteiger partial charge in [0.2, 0.25) is 0 Å². The second-order valence-corrected chi connectivity index (χ2v) is 4.85. The van der Waals surface area contributed by atoms with Gasteiger partial charge in [-0.3, -0.25) is 0 Å². The third-order valence-corrected chi connectivity index (χ3v) is 4.59. The highest BCUT2D eigenvalue weighted by atomic mass is 32.2. The van der Waals surface area contributed by atoms with Crippen LogP contribution >= 0.6 is 11.8 Å². The van der Waals surface area contributed by atoms with Gasteiger partial charge in [0.1, 0.15) is 0 Å². The number of hydrogen-bond acceptors (Lipinski definition) is 2. The molecule has 0 aromatic rings. The summed E-state index contributed by atoms with van der Waals surface area (Å²) in [6.07, 6.45) is 1.46. The molecular formula is C8H15NS. The first-order valence-corrected chi connectivity index (χ1v) is 5.16. The van der Waals surface area contributed by atoms with Crippen molar-refractivity contribution in [2.75, 3.05) is 19.3 Å². The lowest BCUT2D eigenvalue weighted by atomic mass is 10.0. The molecule has 0 N–H and O–H groups in total. The van der Waals surface area contributed by atoms with E-state index in [9.17, 15) is 0 Å². The zero-order valence-corrected chi connectivity index (χ0v) is 7.53. The minimum Gasteiger partial charge on any atom is -0.302 e. The molecule has 0 aliphatic carbocycles. The van der Waals surface area contributed by atoms with Crippen molar-refractivity contribution in [2.24, 2.45) is 5.92 Å². The van der Waals surface area contributed by atoms with Gasteiger partial charge in [0, 0.05) is 17.8 Å². The summed E-state index contributed by atoms with van der Waals surface area (Å²) in [7, 11) is 2.25. The molecule has 0 aromatic carbocycles. The Balaban J connectivity index is 2.09. The third-order valence-electron chi connectivity index (χ3n) is 2.96. The number of rotatable bonds is 0. The molecule has 0 amide bonds. The number of likely N-dealkylation sites (tertiary alicyclic amines) is 1. The normalized spacial score (nSPS) is 48.0. The van der Waals surface area contributed by atoms with Gasteiger partial charge < -0.3 is 4.90 Å². The molecule has 3 atom stereocenters. The Morgan fingerprint density at radius 2 is 2.30 bits per heavy atom. The first-order chi connectivity index (χ1) is 4.79. The fourth-order valence-electron chi connectivity index (χ4n) is 2.17. The van der Waals surface area contributed by atoms with Crippen LogP contribution in [-0.4, -0.2) is 35.5 Å². The predicted molar refractivity (Wildman–Crippen MR) is 46.4 cm³/mol. The molecule has 0 bridgehead atoms. The van der Waals surface area contributed by atoms with Crippen LogP contribution in [0.2, 0.25) is 0 Å². The Kier molecular flexibility index (Phi) is 1.69. The number of hydrogen-bond donors (Lipinski definition) is 0. The number of nitrogens with zero attached hydrogens (tertiary/aromatic N) is 1. The van der Waals surface area contributed by atoms with E-state index in [2.05, 4.69) is 30.6 Å². The minimum atomic E-state index is 0.831. The van der Waals surface area contributed by atoms with Gasteiger partial charge in [-0.1, -0.05) is 0 Å². The van der Waals surface area contributed by atoms with E-state index in [4.69, 9.17) is 0 Å². The molecule has 0 radical (unpaired) electrons. The first kappa shape index (κ1) is 6.99. The highest BCUT2D eigenvalue weighted by molar-refractivity contribution is 8.00. The zero-order chi connectivity index (χ0) is 7.14. The average molecular weight is 157 g/mol. The molecule has 2 fully saturated rings. The molecule has 2 heteroatoms. The lowest BCUT2D eigenvalue weighted by Crippen LogP contribution is -2.26. The summed E-state index contributed by atoms with van der Waals surface area (Å²) >= 11 is 2.18. The van der Waals surface area contributed by atoms with Crippen LogP contribution < -0.4 is 0 Å². The van der Waals surface area contributed by atoms with Crippen LogP contribution in [0.3, 0.4) is 0 Å². The third kappa shape index (κ3) is 0.892. The Morgan fingerprint density at radius 3 is 3.00 bits per heavy atom. The molecule has 10 heavy (non-hydrogen) atoms. The van der Waals surface area contributed by atoms with Gasteiger partial charge in [-0.2, -0.15) is 11.8 Å². The second kappa shape index (κ2) is 2.42. The van der Waals surface area contributed by atoms with Crippen LogP contribution in [0.25, 0.3) is 0 Å². The van der Waals surface area contributed by atoms with Crippen LogP contribution in [0.15, 0.2) is 0 Å². The Hall–Kier alpha value is 0.310. The zero-order valence-electron chi connectivity index (χ0n) is 6.71. The summed E-state index contributed by atoms with van der Waals surface area (Å²) in [6, 6.07) is 0.831. The van der Waals surface area contributed by atoms with E-state index >= 15 is 0 Å². The summed E-state index contributed by atoms with van der Waals surface area (Å²) in [6.45, 7) is 3.71. The van der Waals surface area contributed by atoms with Crippen molar-refractivity contribution in [1.82, 2.24) is 4.90 Å². The monoisotopic (exact) mass is 157 g/mol. The number of fused-ring (bicyclic) bond motifs is 1. The lowest BCUT2D eigenvalue weighted by molar-refractivity contribution is 0.325. The maximum atomic E-state index is 2.50. The fourth-order valence-corrected chi connectivity index (χ4v) is 3.86. The van der Waals surface area contributed by atoms with Gasteiger partial charge in [-0.05, 0) is 32.1 Å². The molecule has 2 heterocycles. The molecule has 2 rings (SSSR count). The highest BCUT2D eigenvalue weighted by Gasteiger charge is 2.40. The van der Waals surface area contributed by atoms with E-state index in [1.807, 2.05) is 0 Å². The van der Waals surface area contributed by atoms with Gasteiger partial charge in [0.15, 0.2) is 0 Å². The predicted octanol–water partition coefficient (Wildman–Crippen LogP) is 1.44. The van der Waals surface area contributed by atoms with Gasteiger partial charge in [-0.25, -0.2) is 0 Å². The summed E-state index contributed by atoms with van der Waals surface area (Å²) in [5, 5.41) is 0.963. The summed E-state index contributed by atoms with van der Waals surface area (Å²) in [5.41, 5.74) is 0. The maximum absolute atomic E-state index is 2.50. The lowest BCUT2D eigenvalue weighted by Gasteiger charge is -2.17. The standard InChI is InChI=1S/C8H15NS/c1-6-8-7(3-4-10-8)5-9(6)2/h6-8H,3-5H2,1-2H3. The molecule has 1 nitrogen and oxygen atoms in total. The maximum Gasteiger partial charge on any atom is 0.0241 e. The smallest absolute Gasteiger partial charge is 0.0241 e. The molecular weight excluding hydrogens is 142 g/mol. The topological polar surface area (TPSA) is 3.24 Å². The average Bonchev–Trinajstić information content (AvgIpc) is 2.41. The summed E-state index contributed by atoms with van der Waals surface area (Å²) in [4.78, 5) is 2.50. The van der Waals surface area contributed by atoms with Crippen molar-refractivity contribution in [2.45, 2.75) is 24.6 Å². The van der Waals surface area contributed by atoms with E-state index in [0.29, 0.717) is 0 Å². The molecule has 2 saturated heterocycles. The largest absolute Gasteiger partial charge is 0.302 e. The van der Waals surface area contributed by atoms with Gasteiger partial charge in [0.25, 0.3) is 0 Å². The van der Waals surface area contributed by atoms with E-state index in [1.165, 1.54) is 18.7 Å². The van der Waals surface area contributed by atoms with E-state index < -0.39 is 0 Å². The molecule has 0 saturated carbocycles. The van der Waals surface area contributed by atoms with Crippen molar-refractivity contribution >= 4 is 11.8 Å². The van der Waals surface area contributed by atoms with Crippen LogP contribution in [-0.2, 0) is 0 Å². The SMILES string of the molecule is CC1C2SCCC2CN1C. The van der Waals surface area contributed by atoms with Crippen LogP contribution in [0.4, 0.5) is 0 Å². The van der Waals surface area contributed by atoms with E-state index in [1.54, 1.807) is 0 Å². The summed E-state index contributed by atoms with van der Waals surface area (Å²) < 4.78 is 0. The summed E-state index contributed by atoms with van der Waals surface area (Å²) in [5.74, 6) is 2.43. The molecule has 3 unspecified atom stereocenters. The first-order valence-electron chi connectivity index (χ1n) is 4.11. The van der Waals surface area contributed by atoms with Gasteiger partial charge in [0.05, 0.1) is 0 Å². The van der Waals surface area contributed by atoms with E-state index in [0.717, 1.165) is 17.2 Å². The second-order valence-electron chi connectivity index (χ2n) is 3.56. The van der Waals surface area contributed by atoms with Crippen molar-refractivity contribution in [3.8, 4) is 0 Å². The van der Waals surface area contributed by atoms with Crippen LogP contribution in [0, 0.1) is 5.92 Å². The fraction of sp³-hybridized carbons (Fsp3) is 1.00. The molecule has 2 aliphatic heterocycles.